The highest BCUT2D eigenvalue weighted by Gasteiger charge is 2.31. The summed E-state index contributed by atoms with van der Waals surface area (Å²) in [6.45, 7) is 0. The van der Waals surface area contributed by atoms with Crippen LogP contribution in [-0.2, 0) is 0 Å². The largest absolute Gasteiger partial charge is 0.497 e. The third kappa shape index (κ3) is 3.75. The van der Waals surface area contributed by atoms with Crippen LogP contribution in [-0.4, -0.2) is 14.2 Å². The normalized spacial score (nSPS) is 17.6. The molecular formula is C26H22BrNO3. The summed E-state index contributed by atoms with van der Waals surface area (Å²) in [5.74, 6) is 2.50. The Balaban J connectivity index is 1.68. The zero-order valence-electron chi connectivity index (χ0n) is 17.3. The van der Waals surface area contributed by atoms with E-state index >= 15 is 0 Å². The Labute approximate surface area is 189 Å². The van der Waals surface area contributed by atoms with Crippen molar-refractivity contribution < 1.29 is 14.2 Å². The van der Waals surface area contributed by atoms with Crippen LogP contribution >= 0.6 is 15.9 Å². The molecule has 0 saturated heterocycles. The highest BCUT2D eigenvalue weighted by molar-refractivity contribution is 9.10. The summed E-state index contributed by atoms with van der Waals surface area (Å²) in [7, 11) is 3.36. The fraction of sp³-hybridized carbons (Fsp3) is 0.154. The van der Waals surface area contributed by atoms with E-state index in [1.165, 1.54) is 0 Å². The minimum absolute atomic E-state index is 0.0695. The molecule has 0 bridgehead atoms. The molecule has 0 aromatic heterocycles. The molecule has 0 unspecified atom stereocenters. The average Bonchev–Trinajstić information content (AvgIpc) is 2.83. The molecule has 0 aliphatic carbocycles. The van der Waals surface area contributed by atoms with Crippen LogP contribution < -0.4 is 19.5 Å². The molecule has 4 nitrogen and oxygen atoms in total. The molecule has 0 radical (unpaired) electrons. The van der Waals surface area contributed by atoms with Gasteiger partial charge in [-0.2, -0.15) is 0 Å². The second kappa shape index (κ2) is 8.25. The SMILES string of the molecule is COc1cccc([C@@H]2N[C@@H](c3cccc(OC)c3)Oc3ccc4cc(Br)ccc4c32)c1. The van der Waals surface area contributed by atoms with Crippen molar-refractivity contribution in [2.45, 2.75) is 12.3 Å². The number of hydrogen-bond acceptors (Lipinski definition) is 4. The Morgan fingerprint density at radius 1 is 0.806 bits per heavy atom. The van der Waals surface area contributed by atoms with Gasteiger partial charge in [-0.25, -0.2) is 0 Å². The van der Waals surface area contributed by atoms with Crippen LogP contribution in [0, 0.1) is 0 Å². The van der Waals surface area contributed by atoms with E-state index in [0.29, 0.717) is 0 Å². The second-order valence-electron chi connectivity index (χ2n) is 7.49. The number of methoxy groups -OCH3 is 2. The van der Waals surface area contributed by atoms with E-state index in [0.717, 1.165) is 49.2 Å². The summed E-state index contributed by atoms with van der Waals surface area (Å²) in [5, 5.41) is 6.02. The smallest absolute Gasteiger partial charge is 0.177 e. The third-order valence-corrected chi connectivity index (χ3v) is 6.15. The van der Waals surface area contributed by atoms with Crippen LogP contribution in [0.4, 0.5) is 0 Å². The summed E-state index contributed by atoms with van der Waals surface area (Å²) in [4.78, 5) is 0. The van der Waals surface area contributed by atoms with Crippen molar-refractivity contribution in [2.24, 2.45) is 0 Å². The Hall–Kier alpha value is -3.02. The lowest BCUT2D eigenvalue weighted by Crippen LogP contribution is -2.35. The van der Waals surface area contributed by atoms with Crippen molar-refractivity contribution in [3.05, 3.63) is 100 Å². The minimum Gasteiger partial charge on any atom is -0.497 e. The zero-order valence-corrected chi connectivity index (χ0v) is 18.8. The number of rotatable bonds is 4. The molecule has 0 saturated carbocycles. The maximum absolute atomic E-state index is 6.45. The molecule has 0 fully saturated rings. The molecule has 4 aromatic carbocycles. The third-order valence-electron chi connectivity index (χ3n) is 5.66. The fourth-order valence-corrected chi connectivity index (χ4v) is 4.53. The number of ether oxygens (including phenoxy) is 3. The van der Waals surface area contributed by atoms with Crippen LogP contribution in [0.5, 0.6) is 17.2 Å². The molecule has 5 rings (SSSR count). The van der Waals surface area contributed by atoms with Crippen LogP contribution in [0.25, 0.3) is 10.8 Å². The van der Waals surface area contributed by atoms with Crippen molar-refractivity contribution in [3.8, 4) is 17.2 Å². The van der Waals surface area contributed by atoms with Gasteiger partial charge in [-0.05, 0) is 58.8 Å². The van der Waals surface area contributed by atoms with E-state index in [-0.39, 0.29) is 12.3 Å². The number of halogens is 1. The standard InChI is InChI=1S/C26H22BrNO3/c1-29-20-7-3-5-17(14-20)25-24-22-11-10-19(27)13-16(22)9-12-23(24)31-26(28-25)18-6-4-8-21(15-18)30-2/h3-15,25-26,28H,1-2H3/t25-,26+/m0/s1. The highest BCUT2D eigenvalue weighted by Crippen LogP contribution is 2.43. The van der Waals surface area contributed by atoms with Gasteiger partial charge in [0.05, 0.1) is 20.3 Å². The molecule has 0 amide bonds. The van der Waals surface area contributed by atoms with Crippen molar-refractivity contribution in [1.29, 1.82) is 0 Å². The number of hydrogen-bond donors (Lipinski definition) is 1. The van der Waals surface area contributed by atoms with Crippen LogP contribution in [0.3, 0.4) is 0 Å². The van der Waals surface area contributed by atoms with Gasteiger partial charge in [0.25, 0.3) is 0 Å². The van der Waals surface area contributed by atoms with Gasteiger partial charge in [0, 0.05) is 15.6 Å². The minimum atomic E-state index is -0.313. The molecule has 1 N–H and O–H groups in total. The monoisotopic (exact) mass is 475 g/mol. The summed E-state index contributed by atoms with van der Waals surface area (Å²) < 4.78 is 18.4. The first-order valence-electron chi connectivity index (χ1n) is 10.1. The number of benzene rings is 4. The van der Waals surface area contributed by atoms with E-state index in [1.807, 2.05) is 36.4 Å². The van der Waals surface area contributed by atoms with E-state index in [9.17, 15) is 0 Å². The fourth-order valence-electron chi connectivity index (χ4n) is 4.15. The lowest BCUT2D eigenvalue weighted by Gasteiger charge is -2.35. The lowest BCUT2D eigenvalue weighted by molar-refractivity contribution is 0.133. The molecule has 4 aromatic rings. The number of nitrogens with one attached hydrogen (secondary N) is 1. The molecule has 156 valence electrons. The molecule has 1 aliphatic rings. The van der Waals surface area contributed by atoms with Crippen molar-refractivity contribution in [3.63, 3.8) is 0 Å². The summed E-state index contributed by atoms with van der Waals surface area (Å²) in [5.41, 5.74) is 3.25. The zero-order chi connectivity index (χ0) is 21.4. The Bertz CT molecular complexity index is 1260. The van der Waals surface area contributed by atoms with E-state index in [2.05, 4.69) is 63.7 Å². The van der Waals surface area contributed by atoms with Gasteiger partial charge < -0.3 is 14.2 Å². The topological polar surface area (TPSA) is 39.7 Å². The van der Waals surface area contributed by atoms with Gasteiger partial charge in [0.2, 0.25) is 0 Å². The lowest BCUT2D eigenvalue weighted by atomic mass is 9.91. The maximum atomic E-state index is 6.45. The van der Waals surface area contributed by atoms with Gasteiger partial charge in [-0.15, -0.1) is 0 Å². The highest BCUT2D eigenvalue weighted by atomic mass is 79.9. The first-order valence-corrected chi connectivity index (χ1v) is 10.9. The van der Waals surface area contributed by atoms with Gasteiger partial charge >= 0.3 is 0 Å². The average molecular weight is 476 g/mol. The summed E-state index contributed by atoms with van der Waals surface area (Å²) in [6.07, 6.45) is -0.313. The molecule has 0 spiro atoms. The van der Waals surface area contributed by atoms with Crippen molar-refractivity contribution >= 4 is 26.7 Å². The van der Waals surface area contributed by atoms with Crippen molar-refractivity contribution in [1.82, 2.24) is 5.32 Å². The van der Waals surface area contributed by atoms with Crippen LogP contribution in [0.15, 0.2) is 83.3 Å². The van der Waals surface area contributed by atoms with E-state index in [4.69, 9.17) is 14.2 Å². The Morgan fingerprint density at radius 2 is 1.52 bits per heavy atom. The summed E-state index contributed by atoms with van der Waals surface area (Å²) in [6, 6.07) is 26.6. The van der Waals surface area contributed by atoms with E-state index in [1.54, 1.807) is 14.2 Å². The predicted octanol–water partition coefficient (Wildman–Crippen LogP) is 6.39. The van der Waals surface area contributed by atoms with Crippen molar-refractivity contribution in [2.75, 3.05) is 14.2 Å². The van der Waals surface area contributed by atoms with Gasteiger partial charge in [-0.3, -0.25) is 5.32 Å². The molecule has 31 heavy (non-hydrogen) atoms. The number of fused-ring (bicyclic) bond motifs is 3. The Morgan fingerprint density at radius 3 is 2.26 bits per heavy atom. The van der Waals surface area contributed by atoms with Gasteiger partial charge in [0.1, 0.15) is 17.2 Å². The quantitative estimate of drug-likeness (QED) is 0.371. The molecule has 5 heteroatoms. The molecule has 1 heterocycles. The second-order valence-corrected chi connectivity index (χ2v) is 8.41. The first kappa shape index (κ1) is 19.9. The van der Waals surface area contributed by atoms with Gasteiger partial charge in [0.15, 0.2) is 6.23 Å². The van der Waals surface area contributed by atoms with E-state index < -0.39 is 0 Å². The molecular weight excluding hydrogens is 454 g/mol. The predicted molar refractivity (Wildman–Crippen MR) is 126 cm³/mol. The maximum Gasteiger partial charge on any atom is 0.177 e. The van der Waals surface area contributed by atoms with Crippen LogP contribution in [0.2, 0.25) is 0 Å². The first-order chi connectivity index (χ1) is 15.2. The van der Waals surface area contributed by atoms with Crippen LogP contribution in [0.1, 0.15) is 29.0 Å². The molecule has 2 atom stereocenters. The molecule has 1 aliphatic heterocycles. The van der Waals surface area contributed by atoms with Gasteiger partial charge in [-0.1, -0.05) is 52.3 Å². The summed E-state index contributed by atoms with van der Waals surface area (Å²) >= 11 is 3.59. The Kier molecular flexibility index (Phi) is 5.30.